The predicted molar refractivity (Wildman–Crippen MR) is 123 cm³/mol. The summed E-state index contributed by atoms with van der Waals surface area (Å²) in [5.74, 6) is -0.825. The fourth-order valence-electron chi connectivity index (χ4n) is 5.01. The molecule has 2 aliphatic rings. The molecule has 3 aromatic rings. The number of fused-ring (bicyclic) bond motifs is 3. The Balaban J connectivity index is 1.79. The van der Waals surface area contributed by atoms with E-state index in [4.69, 9.17) is 4.74 Å². The van der Waals surface area contributed by atoms with Crippen molar-refractivity contribution in [3.8, 4) is 0 Å². The van der Waals surface area contributed by atoms with E-state index in [1.807, 2.05) is 78.9 Å². The van der Waals surface area contributed by atoms with E-state index in [9.17, 15) is 9.59 Å². The summed E-state index contributed by atoms with van der Waals surface area (Å²) < 4.78 is 6.20. The van der Waals surface area contributed by atoms with Gasteiger partial charge in [-0.05, 0) is 47.9 Å². The van der Waals surface area contributed by atoms with Crippen LogP contribution in [-0.2, 0) is 14.3 Å². The highest BCUT2D eigenvalue weighted by Crippen LogP contribution is 2.60. The molecule has 5 nitrogen and oxygen atoms in total. The van der Waals surface area contributed by atoms with Crippen molar-refractivity contribution in [3.63, 3.8) is 0 Å². The Morgan fingerprint density at radius 1 is 1.03 bits per heavy atom. The number of para-hydroxylation sites is 1. The number of carbonyl (C=O) groups is 2. The quantitative estimate of drug-likeness (QED) is 0.414. The van der Waals surface area contributed by atoms with Crippen molar-refractivity contribution >= 4 is 39.2 Å². The minimum absolute atomic E-state index is 0.177. The van der Waals surface area contributed by atoms with E-state index in [1.54, 1.807) is 0 Å². The Labute approximate surface area is 189 Å². The van der Waals surface area contributed by atoms with Crippen molar-refractivity contribution in [1.29, 1.82) is 0 Å². The number of rotatable bonds is 3. The van der Waals surface area contributed by atoms with Crippen molar-refractivity contribution in [2.75, 3.05) is 17.3 Å². The van der Waals surface area contributed by atoms with Gasteiger partial charge in [0, 0.05) is 15.8 Å². The number of esters is 1. The molecule has 3 aromatic carbocycles. The Bertz CT molecular complexity index is 1150. The second-order valence-corrected chi connectivity index (χ2v) is 8.84. The third kappa shape index (κ3) is 2.97. The fourth-order valence-corrected chi connectivity index (χ4v) is 5.28. The first-order valence-electron chi connectivity index (χ1n) is 10.1. The average Bonchev–Trinajstić information content (AvgIpc) is 3.18. The van der Waals surface area contributed by atoms with Crippen LogP contribution >= 0.6 is 15.9 Å². The molecule has 2 aliphatic heterocycles. The third-order valence-electron chi connectivity index (χ3n) is 6.36. The average molecular weight is 477 g/mol. The van der Waals surface area contributed by atoms with Gasteiger partial charge in [-0.25, -0.2) is 0 Å². The highest BCUT2D eigenvalue weighted by Gasteiger charge is 2.65. The van der Waals surface area contributed by atoms with Crippen molar-refractivity contribution in [2.45, 2.75) is 18.5 Å². The lowest BCUT2D eigenvalue weighted by molar-refractivity contribution is -0.158. The molecule has 6 heteroatoms. The molecular formula is C25H21BrN2O3. The largest absolute Gasteiger partial charge is 0.468 e. The number of nitrogens with zero attached hydrogens (tertiary/aromatic N) is 1. The van der Waals surface area contributed by atoms with Crippen LogP contribution in [0.1, 0.15) is 29.6 Å². The first-order valence-corrected chi connectivity index (χ1v) is 10.9. The second kappa shape index (κ2) is 7.54. The molecule has 0 saturated carbocycles. The third-order valence-corrected chi connectivity index (χ3v) is 6.89. The van der Waals surface area contributed by atoms with Crippen LogP contribution in [0.5, 0.6) is 0 Å². The van der Waals surface area contributed by atoms with E-state index in [0.717, 1.165) is 27.0 Å². The number of ether oxygens (including phenoxy) is 1. The molecule has 31 heavy (non-hydrogen) atoms. The maximum absolute atomic E-state index is 13.5. The Morgan fingerprint density at radius 2 is 1.71 bits per heavy atom. The van der Waals surface area contributed by atoms with Gasteiger partial charge in [-0.1, -0.05) is 64.5 Å². The van der Waals surface area contributed by atoms with Gasteiger partial charge in [0.15, 0.2) is 5.41 Å². The van der Waals surface area contributed by atoms with Crippen molar-refractivity contribution < 1.29 is 14.3 Å². The Hall–Kier alpha value is -3.12. The topological polar surface area (TPSA) is 58.6 Å². The number of methoxy groups -OCH3 is 1. The minimum Gasteiger partial charge on any atom is -0.468 e. The molecule has 5 rings (SSSR count). The van der Waals surface area contributed by atoms with Crippen molar-refractivity contribution in [3.05, 3.63) is 94.5 Å². The maximum Gasteiger partial charge on any atom is 0.324 e. The number of halogens is 1. The highest BCUT2D eigenvalue weighted by atomic mass is 79.9. The molecule has 0 spiro atoms. The predicted octanol–water partition coefficient (Wildman–Crippen LogP) is 5.25. The molecule has 0 bridgehead atoms. The molecule has 2 heterocycles. The van der Waals surface area contributed by atoms with Crippen LogP contribution in [0, 0.1) is 5.41 Å². The molecule has 1 saturated heterocycles. The highest BCUT2D eigenvalue weighted by molar-refractivity contribution is 9.10. The first-order chi connectivity index (χ1) is 15.1. The van der Waals surface area contributed by atoms with E-state index in [0.29, 0.717) is 6.42 Å². The Kier molecular flexibility index (Phi) is 4.82. The zero-order valence-electron chi connectivity index (χ0n) is 16.9. The fraction of sp³-hybridized carbons (Fsp3) is 0.200. The molecule has 0 aromatic heterocycles. The van der Waals surface area contributed by atoms with Crippen LogP contribution in [0.15, 0.2) is 83.3 Å². The number of hydrogen-bond acceptors (Lipinski definition) is 4. The summed E-state index contributed by atoms with van der Waals surface area (Å²) in [6.07, 6.45) is 0.324. The Morgan fingerprint density at radius 3 is 2.42 bits per heavy atom. The molecule has 3 atom stereocenters. The van der Waals surface area contributed by atoms with Crippen LogP contribution < -0.4 is 10.2 Å². The van der Waals surface area contributed by atoms with Gasteiger partial charge in [-0.15, -0.1) is 0 Å². The maximum atomic E-state index is 13.5. The summed E-state index contributed by atoms with van der Waals surface area (Å²) in [6, 6.07) is 25.0. The number of carbonyl (C=O) groups excluding carboxylic acids is 2. The molecule has 1 N–H and O–H groups in total. The summed E-state index contributed by atoms with van der Waals surface area (Å²) in [4.78, 5) is 29.0. The lowest BCUT2D eigenvalue weighted by atomic mass is 9.72. The lowest BCUT2D eigenvalue weighted by Crippen LogP contribution is -2.51. The van der Waals surface area contributed by atoms with Crippen molar-refractivity contribution in [2.24, 2.45) is 5.41 Å². The summed E-state index contributed by atoms with van der Waals surface area (Å²) in [5, 5.41) is 2.97. The van der Waals surface area contributed by atoms with Crippen LogP contribution in [0.3, 0.4) is 0 Å². The number of benzene rings is 3. The molecule has 0 aliphatic carbocycles. The smallest absolute Gasteiger partial charge is 0.324 e. The number of anilines is 2. The van der Waals surface area contributed by atoms with Gasteiger partial charge in [-0.2, -0.15) is 0 Å². The van der Waals surface area contributed by atoms with Gasteiger partial charge in [0.25, 0.3) is 0 Å². The van der Waals surface area contributed by atoms with Crippen LogP contribution in [-0.4, -0.2) is 19.0 Å². The summed E-state index contributed by atoms with van der Waals surface area (Å²) in [7, 11) is 1.35. The van der Waals surface area contributed by atoms with Crippen LogP contribution in [0.4, 0.5) is 11.4 Å². The zero-order valence-corrected chi connectivity index (χ0v) is 18.5. The molecule has 0 radical (unpaired) electrons. The lowest BCUT2D eigenvalue weighted by Gasteiger charge is -2.41. The normalized spacial score (nSPS) is 24.2. The second-order valence-electron chi connectivity index (χ2n) is 7.92. The zero-order chi connectivity index (χ0) is 21.6. The van der Waals surface area contributed by atoms with Crippen LogP contribution in [0.25, 0.3) is 0 Å². The van der Waals surface area contributed by atoms with E-state index in [2.05, 4.69) is 26.1 Å². The van der Waals surface area contributed by atoms with Gasteiger partial charge < -0.3 is 15.0 Å². The van der Waals surface area contributed by atoms with Gasteiger partial charge in [0.1, 0.15) is 0 Å². The number of nitrogens with one attached hydrogen (secondary N) is 1. The van der Waals surface area contributed by atoms with E-state index >= 15 is 0 Å². The van der Waals surface area contributed by atoms with Gasteiger partial charge in [0.05, 0.1) is 19.2 Å². The first kappa shape index (κ1) is 19.8. The van der Waals surface area contributed by atoms with Crippen LogP contribution in [0.2, 0.25) is 0 Å². The SMILES string of the molecule is COC(=O)[C@]12C[C@@H](c3ccccc3)N(c3ccc(Br)cc3)[C@H]1c1ccccc1NC2=O. The number of hydrogen-bond donors (Lipinski definition) is 1. The van der Waals surface area contributed by atoms with E-state index in [1.165, 1.54) is 7.11 Å². The van der Waals surface area contributed by atoms with Gasteiger partial charge >= 0.3 is 5.97 Å². The molecular weight excluding hydrogens is 456 g/mol. The molecule has 1 amide bonds. The monoisotopic (exact) mass is 476 g/mol. The summed E-state index contributed by atoms with van der Waals surface area (Å²) >= 11 is 3.51. The molecule has 156 valence electrons. The molecule has 1 fully saturated rings. The summed E-state index contributed by atoms with van der Waals surface area (Å²) in [5.41, 5.74) is 2.28. The standard InChI is InChI=1S/C25H21BrN2O3/c1-31-24(30)25-15-21(16-7-3-2-4-8-16)28(18-13-11-17(26)12-14-18)22(25)19-9-5-6-10-20(19)27-23(25)29/h2-14,21-22H,15H2,1H3,(H,27,29)/t21-,22-,25+/m0/s1. The van der Waals surface area contributed by atoms with Gasteiger partial charge in [-0.3, -0.25) is 9.59 Å². The van der Waals surface area contributed by atoms with Crippen molar-refractivity contribution in [1.82, 2.24) is 0 Å². The minimum atomic E-state index is -1.35. The molecule has 0 unspecified atom stereocenters. The summed E-state index contributed by atoms with van der Waals surface area (Å²) in [6.45, 7) is 0. The van der Waals surface area contributed by atoms with E-state index in [-0.39, 0.29) is 11.9 Å². The van der Waals surface area contributed by atoms with Gasteiger partial charge in [0.2, 0.25) is 5.91 Å². The van der Waals surface area contributed by atoms with E-state index < -0.39 is 17.4 Å². The number of amides is 1.